The molecule has 7 nitrogen and oxygen atoms in total. The minimum atomic E-state index is -0.588. The molecule has 1 rings (SSSR count). The first kappa shape index (κ1) is 16.3. The monoisotopic (exact) mass is 280 g/mol. The summed E-state index contributed by atoms with van der Waals surface area (Å²) in [5, 5.41) is 11.1. The summed E-state index contributed by atoms with van der Waals surface area (Å²) in [7, 11) is 1.21. The number of nitrogens with two attached hydrogens (primary N) is 1. The van der Waals surface area contributed by atoms with Crippen LogP contribution < -0.4 is 11.1 Å². The summed E-state index contributed by atoms with van der Waals surface area (Å²) in [5.41, 5.74) is 5.66. The molecule has 3 N–H and O–H groups in total. The van der Waals surface area contributed by atoms with Crippen molar-refractivity contribution in [1.29, 1.82) is 5.26 Å². The molecule has 0 bridgehead atoms. The zero-order valence-electron chi connectivity index (χ0n) is 12.2. The molecule has 0 aromatic rings. The molecule has 0 radical (unpaired) electrons. The Morgan fingerprint density at radius 1 is 1.45 bits per heavy atom. The first-order valence-electron chi connectivity index (χ1n) is 6.57. The van der Waals surface area contributed by atoms with Crippen LogP contribution >= 0.6 is 0 Å². The van der Waals surface area contributed by atoms with E-state index in [4.69, 9.17) is 15.7 Å². The third-order valence-corrected chi connectivity index (χ3v) is 2.73. The summed E-state index contributed by atoms with van der Waals surface area (Å²) >= 11 is 0. The number of rotatable bonds is 3. The molecule has 1 heterocycles. The van der Waals surface area contributed by atoms with E-state index in [1.807, 2.05) is 4.90 Å². The van der Waals surface area contributed by atoms with Crippen molar-refractivity contribution in [2.45, 2.75) is 45.3 Å². The molecular formula is C12H21BN4O3. The van der Waals surface area contributed by atoms with Crippen molar-refractivity contribution in [2.24, 2.45) is 5.73 Å². The predicted molar refractivity (Wildman–Crippen MR) is 75.6 cm³/mol. The van der Waals surface area contributed by atoms with Crippen molar-refractivity contribution < 1.29 is 14.2 Å². The van der Waals surface area contributed by atoms with Gasteiger partial charge in [0, 0.05) is 0 Å². The van der Waals surface area contributed by atoms with Crippen LogP contribution in [0.5, 0.6) is 0 Å². The fourth-order valence-electron chi connectivity index (χ4n) is 1.81. The Hall–Kier alpha value is -1.75. The van der Waals surface area contributed by atoms with Gasteiger partial charge in [0.05, 0.1) is 0 Å². The Bertz CT molecular complexity index is 406. The summed E-state index contributed by atoms with van der Waals surface area (Å²) < 4.78 is 9.79. The summed E-state index contributed by atoms with van der Waals surface area (Å²) in [6.45, 7) is 6.72. The molecule has 1 amide bonds. The van der Waals surface area contributed by atoms with Crippen LogP contribution in [0.15, 0.2) is 0 Å². The van der Waals surface area contributed by atoms with Crippen molar-refractivity contribution in [3.8, 4) is 6.26 Å². The molecule has 0 saturated carbocycles. The van der Waals surface area contributed by atoms with Gasteiger partial charge in [-0.25, -0.2) is 0 Å². The Labute approximate surface area is 119 Å². The molecule has 0 aromatic heterocycles. The van der Waals surface area contributed by atoms with Crippen LogP contribution in [0.25, 0.3) is 0 Å². The van der Waals surface area contributed by atoms with Crippen molar-refractivity contribution in [3.05, 3.63) is 0 Å². The number of likely N-dealkylation sites (tertiary alicyclic amines) is 1. The number of nitrogens with one attached hydrogen (secondary N) is 1. The SMILES string of the molecule is CC(C)(C)OC(=O)NC(=BOC#N)N1CCC(N)CC1. The molecule has 1 saturated heterocycles. The fourth-order valence-corrected chi connectivity index (χ4v) is 1.81. The molecule has 1 aliphatic heterocycles. The quantitative estimate of drug-likeness (QED) is 0.563. The van der Waals surface area contributed by atoms with Crippen molar-refractivity contribution in [1.82, 2.24) is 10.2 Å². The van der Waals surface area contributed by atoms with Gasteiger partial charge in [-0.05, 0) is 0 Å². The molecule has 1 aliphatic rings. The molecule has 1 fully saturated rings. The Kier molecular flexibility index (Phi) is 5.83. The fraction of sp³-hybridized carbons (Fsp3) is 0.750. The molecule has 0 unspecified atom stereocenters. The number of carbonyl (C=O) groups excluding carboxylic acids is 1. The zero-order valence-corrected chi connectivity index (χ0v) is 12.2. The molecule has 0 spiro atoms. The average Bonchev–Trinajstić information content (AvgIpc) is 2.33. The van der Waals surface area contributed by atoms with Crippen LogP contribution in [0.3, 0.4) is 0 Å². The van der Waals surface area contributed by atoms with Gasteiger partial charge in [0.2, 0.25) is 0 Å². The number of ether oxygens (including phenoxy) is 1. The van der Waals surface area contributed by atoms with E-state index >= 15 is 0 Å². The van der Waals surface area contributed by atoms with Crippen LogP contribution in [-0.2, 0) is 9.39 Å². The summed E-state index contributed by atoms with van der Waals surface area (Å²) in [5.74, 6) is 0. The number of piperidine rings is 1. The van der Waals surface area contributed by atoms with Crippen LogP contribution in [-0.4, -0.2) is 48.6 Å². The summed E-state index contributed by atoms with van der Waals surface area (Å²) in [6.07, 6.45) is 2.60. The Morgan fingerprint density at radius 2 is 2.05 bits per heavy atom. The second kappa shape index (κ2) is 7.15. The number of alkyl carbamates (subject to hydrolysis) is 1. The van der Waals surface area contributed by atoms with Gasteiger partial charge in [0.25, 0.3) is 0 Å². The summed E-state index contributed by atoms with van der Waals surface area (Å²) in [4.78, 5) is 13.7. The molecule has 0 atom stereocenters. The van der Waals surface area contributed by atoms with E-state index < -0.39 is 11.7 Å². The first-order valence-corrected chi connectivity index (χ1v) is 6.57. The number of nitrogens with zero attached hydrogens (tertiary/aromatic N) is 2. The molecular weight excluding hydrogens is 259 g/mol. The van der Waals surface area contributed by atoms with Gasteiger partial charge in [-0.2, -0.15) is 0 Å². The average molecular weight is 280 g/mol. The number of carbonyl (C=O) groups is 1. The summed E-state index contributed by atoms with van der Waals surface area (Å²) in [6, 6.07) is 0.172. The normalized spacial score (nSPS) is 16.9. The van der Waals surface area contributed by atoms with E-state index in [0.29, 0.717) is 18.8 Å². The topological polar surface area (TPSA) is 101 Å². The van der Waals surface area contributed by atoms with Crippen LogP contribution in [0.2, 0.25) is 0 Å². The van der Waals surface area contributed by atoms with Crippen LogP contribution in [0, 0.1) is 11.5 Å². The van der Waals surface area contributed by atoms with E-state index in [2.05, 4.69) is 9.97 Å². The van der Waals surface area contributed by atoms with Crippen molar-refractivity contribution >= 4 is 18.9 Å². The first-order chi connectivity index (χ1) is 9.31. The Balaban J connectivity index is 2.66. The van der Waals surface area contributed by atoms with Gasteiger partial charge < -0.3 is 0 Å². The van der Waals surface area contributed by atoms with E-state index in [1.54, 1.807) is 27.0 Å². The van der Waals surface area contributed by atoms with Gasteiger partial charge >= 0.3 is 119 Å². The van der Waals surface area contributed by atoms with E-state index in [1.165, 1.54) is 7.12 Å². The van der Waals surface area contributed by atoms with Gasteiger partial charge in [0.15, 0.2) is 0 Å². The Morgan fingerprint density at radius 3 is 2.55 bits per heavy atom. The molecule has 8 heteroatoms. The minimum absolute atomic E-state index is 0.172. The maximum atomic E-state index is 11.8. The van der Waals surface area contributed by atoms with E-state index in [0.717, 1.165) is 12.8 Å². The van der Waals surface area contributed by atoms with E-state index in [-0.39, 0.29) is 6.04 Å². The van der Waals surface area contributed by atoms with Gasteiger partial charge in [-0.15, -0.1) is 0 Å². The van der Waals surface area contributed by atoms with E-state index in [9.17, 15) is 4.79 Å². The number of amides is 1. The molecule has 20 heavy (non-hydrogen) atoms. The number of hydrogen-bond acceptors (Lipinski definition) is 6. The number of nitriles is 1. The third kappa shape index (κ3) is 5.93. The van der Waals surface area contributed by atoms with Crippen LogP contribution in [0.4, 0.5) is 4.79 Å². The maximum absolute atomic E-state index is 11.8. The van der Waals surface area contributed by atoms with Crippen molar-refractivity contribution in [2.75, 3.05) is 13.1 Å². The second-order valence-corrected chi connectivity index (χ2v) is 5.66. The standard InChI is InChI=1S/C12H21BN4O3/c1-12(2,3)20-11(18)16-10(13-19-8-14)17-6-4-9(15)5-7-17/h9H,4-7,15H2,1-3H3,(H,16,18). The third-order valence-electron chi connectivity index (χ3n) is 2.73. The van der Waals surface area contributed by atoms with Gasteiger partial charge in [-0.1, -0.05) is 0 Å². The molecule has 110 valence electrons. The van der Waals surface area contributed by atoms with Gasteiger partial charge in [0.1, 0.15) is 0 Å². The predicted octanol–water partition coefficient (Wildman–Crippen LogP) is 0.138. The molecule has 0 aliphatic carbocycles. The van der Waals surface area contributed by atoms with Gasteiger partial charge in [-0.3, -0.25) is 0 Å². The second-order valence-electron chi connectivity index (χ2n) is 5.66. The van der Waals surface area contributed by atoms with Crippen LogP contribution in [0.1, 0.15) is 33.6 Å². The number of hydrogen-bond donors (Lipinski definition) is 2. The molecule has 0 aromatic carbocycles. The zero-order chi connectivity index (χ0) is 15.2. The van der Waals surface area contributed by atoms with Crippen molar-refractivity contribution in [3.63, 3.8) is 0 Å².